The number of anilines is 1. The molecule has 0 radical (unpaired) electrons. The Kier molecular flexibility index (Phi) is 5.45. The van der Waals surface area contributed by atoms with Gasteiger partial charge in [-0.15, -0.1) is 0 Å². The summed E-state index contributed by atoms with van der Waals surface area (Å²) in [6.45, 7) is 1.63. The average molecular weight is 398 g/mol. The SMILES string of the molecule is Cc1cc(Br)ccc1NC(=O)CNC(=O)c1csc([N+](=O)[O-])c1. The molecule has 0 aliphatic heterocycles. The second-order valence-electron chi connectivity index (χ2n) is 4.62. The molecule has 2 amide bonds. The van der Waals surface area contributed by atoms with Gasteiger partial charge >= 0.3 is 5.00 Å². The number of rotatable bonds is 5. The fraction of sp³-hybridized carbons (Fsp3) is 0.143. The lowest BCUT2D eigenvalue weighted by atomic mass is 10.2. The molecule has 2 aromatic rings. The van der Waals surface area contributed by atoms with Crippen LogP contribution in [0.4, 0.5) is 10.7 Å². The summed E-state index contributed by atoms with van der Waals surface area (Å²) in [5, 5.41) is 17.0. The number of halogens is 1. The summed E-state index contributed by atoms with van der Waals surface area (Å²) in [5.41, 5.74) is 1.69. The number of hydrogen-bond donors (Lipinski definition) is 2. The minimum absolute atomic E-state index is 0.120. The van der Waals surface area contributed by atoms with Crippen molar-refractivity contribution in [2.45, 2.75) is 6.92 Å². The summed E-state index contributed by atoms with van der Waals surface area (Å²) < 4.78 is 0.903. The monoisotopic (exact) mass is 397 g/mol. The molecule has 1 aromatic carbocycles. The van der Waals surface area contributed by atoms with Gasteiger partial charge in [0.05, 0.1) is 17.0 Å². The number of nitro groups is 1. The van der Waals surface area contributed by atoms with Gasteiger partial charge in [-0.05, 0) is 30.7 Å². The summed E-state index contributed by atoms with van der Waals surface area (Å²) in [5.74, 6) is -0.912. The maximum absolute atomic E-state index is 11.9. The van der Waals surface area contributed by atoms with Crippen molar-refractivity contribution in [3.05, 3.63) is 55.4 Å². The Morgan fingerprint density at radius 1 is 1.35 bits per heavy atom. The third-order valence-corrected chi connectivity index (χ3v) is 4.27. The summed E-state index contributed by atoms with van der Waals surface area (Å²) in [6.07, 6.45) is 0. The van der Waals surface area contributed by atoms with Crippen molar-refractivity contribution in [3.8, 4) is 0 Å². The molecule has 1 aromatic heterocycles. The molecule has 23 heavy (non-hydrogen) atoms. The molecular formula is C14H12BrN3O4S. The first-order valence-corrected chi connectivity index (χ1v) is 8.11. The van der Waals surface area contributed by atoms with Crippen molar-refractivity contribution >= 4 is 49.8 Å². The van der Waals surface area contributed by atoms with Crippen LogP contribution in [0.3, 0.4) is 0 Å². The zero-order valence-corrected chi connectivity index (χ0v) is 14.4. The van der Waals surface area contributed by atoms with Gasteiger partial charge in [-0.3, -0.25) is 19.7 Å². The van der Waals surface area contributed by atoms with E-state index in [2.05, 4.69) is 26.6 Å². The van der Waals surface area contributed by atoms with Crippen LogP contribution >= 0.6 is 27.3 Å². The number of carbonyl (C=O) groups excluding carboxylic acids is 2. The molecule has 0 bridgehead atoms. The molecule has 0 unspecified atom stereocenters. The molecule has 9 heteroatoms. The molecule has 0 aliphatic carbocycles. The first-order valence-electron chi connectivity index (χ1n) is 6.44. The van der Waals surface area contributed by atoms with Gasteiger partial charge in [0.15, 0.2) is 0 Å². The van der Waals surface area contributed by atoms with Gasteiger partial charge in [-0.1, -0.05) is 27.3 Å². The highest BCUT2D eigenvalue weighted by Gasteiger charge is 2.15. The summed E-state index contributed by atoms with van der Waals surface area (Å²) >= 11 is 4.19. The molecule has 0 aliphatic rings. The number of nitrogens with one attached hydrogen (secondary N) is 2. The summed E-state index contributed by atoms with van der Waals surface area (Å²) in [6, 6.07) is 6.59. The Hall–Kier alpha value is -2.26. The molecule has 7 nitrogen and oxygen atoms in total. The Labute approximate surface area is 144 Å². The quantitative estimate of drug-likeness (QED) is 0.597. The second kappa shape index (κ2) is 7.34. The second-order valence-corrected chi connectivity index (χ2v) is 6.43. The number of carbonyl (C=O) groups is 2. The maximum atomic E-state index is 11.9. The van der Waals surface area contributed by atoms with Crippen molar-refractivity contribution in [1.82, 2.24) is 5.32 Å². The minimum Gasteiger partial charge on any atom is -0.343 e. The predicted molar refractivity (Wildman–Crippen MR) is 90.8 cm³/mol. The number of amides is 2. The van der Waals surface area contributed by atoms with Gasteiger partial charge in [0.1, 0.15) is 0 Å². The Morgan fingerprint density at radius 3 is 2.70 bits per heavy atom. The van der Waals surface area contributed by atoms with E-state index in [-0.39, 0.29) is 23.0 Å². The molecule has 120 valence electrons. The molecule has 0 saturated heterocycles. The van der Waals surface area contributed by atoms with Gasteiger partial charge in [-0.2, -0.15) is 0 Å². The van der Waals surface area contributed by atoms with Crippen LogP contribution in [0.15, 0.2) is 34.1 Å². The fourth-order valence-electron chi connectivity index (χ4n) is 1.76. The van der Waals surface area contributed by atoms with E-state index in [9.17, 15) is 19.7 Å². The normalized spacial score (nSPS) is 10.2. The van der Waals surface area contributed by atoms with E-state index in [1.165, 1.54) is 11.4 Å². The first-order chi connectivity index (χ1) is 10.9. The van der Waals surface area contributed by atoms with E-state index in [1.54, 1.807) is 12.1 Å². The highest BCUT2D eigenvalue weighted by atomic mass is 79.9. The van der Waals surface area contributed by atoms with Crippen LogP contribution in [0.5, 0.6) is 0 Å². The largest absolute Gasteiger partial charge is 0.343 e. The van der Waals surface area contributed by atoms with Crippen molar-refractivity contribution in [2.75, 3.05) is 11.9 Å². The molecule has 0 spiro atoms. The highest BCUT2D eigenvalue weighted by Crippen LogP contribution is 2.22. The molecule has 0 atom stereocenters. The van der Waals surface area contributed by atoms with E-state index in [1.807, 2.05) is 13.0 Å². The van der Waals surface area contributed by atoms with Crippen LogP contribution in [0.2, 0.25) is 0 Å². The lowest BCUT2D eigenvalue weighted by Gasteiger charge is -2.09. The topological polar surface area (TPSA) is 101 Å². The van der Waals surface area contributed by atoms with Crippen molar-refractivity contribution < 1.29 is 14.5 Å². The minimum atomic E-state index is -0.565. The van der Waals surface area contributed by atoms with Crippen LogP contribution in [-0.4, -0.2) is 23.3 Å². The number of benzene rings is 1. The van der Waals surface area contributed by atoms with E-state index in [0.29, 0.717) is 5.69 Å². The third-order valence-electron chi connectivity index (χ3n) is 2.90. The highest BCUT2D eigenvalue weighted by molar-refractivity contribution is 9.10. The zero-order valence-electron chi connectivity index (χ0n) is 12.0. The number of nitrogens with zero attached hydrogens (tertiary/aromatic N) is 1. The lowest BCUT2D eigenvalue weighted by Crippen LogP contribution is -2.32. The lowest BCUT2D eigenvalue weighted by molar-refractivity contribution is -0.380. The van der Waals surface area contributed by atoms with Gasteiger partial charge in [-0.25, -0.2) is 0 Å². The zero-order chi connectivity index (χ0) is 17.0. The Morgan fingerprint density at radius 2 is 2.09 bits per heavy atom. The molecular weight excluding hydrogens is 386 g/mol. The van der Waals surface area contributed by atoms with Crippen molar-refractivity contribution in [3.63, 3.8) is 0 Å². The number of thiophene rings is 1. The van der Waals surface area contributed by atoms with Crippen molar-refractivity contribution in [1.29, 1.82) is 0 Å². The van der Waals surface area contributed by atoms with Crippen LogP contribution in [0.1, 0.15) is 15.9 Å². The Bertz CT molecular complexity index is 775. The van der Waals surface area contributed by atoms with Gasteiger partial charge in [0, 0.05) is 21.6 Å². The average Bonchev–Trinajstić information content (AvgIpc) is 2.98. The van der Waals surface area contributed by atoms with E-state index >= 15 is 0 Å². The number of aryl methyl sites for hydroxylation is 1. The van der Waals surface area contributed by atoms with Gasteiger partial charge in [0.2, 0.25) is 5.91 Å². The van der Waals surface area contributed by atoms with Crippen LogP contribution in [0.25, 0.3) is 0 Å². The predicted octanol–water partition coefficient (Wildman–Crippen LogP) is 3.10. The van der Waals surface area contributed by atoms with Crippen LogP contribution in [0, 0.1) is 17.0 Å². The van der Waals surface area contributed by atoms with Gasteiger partial charge < -0.3 is 10.6 Å². The Balaban J connectivity index is 1.90. The summed E-state index contributed by atoms with van der Waals surface area (Å²) in [4.78, 5) is 33.7. The maximum Gasteiger partial charge on any atom is 0.324 e. The van der Waals surface area contributed by atoms with E-state index in [0.717, 1.165) is 21.4 Å². The van der Waals surface area contributed by atoms with Crippen molar-refractivity contribution in [2.24, 2.45) is 0 Å². The molecule has 0 fully saturated rings. The smallest absolute Gasteiger partial charge is 0.324 e. The van der Waals surface area contributed by atoms with Crippen LogP contribution in [-0.2, 0) is 4.79 Å². The number of hydrogen-bond acceptors (Lipinski definition) is 5. The molecule has 0 saturated carbocycles. The first kappa shape index (κ1) is 17.1. The summed E-state index contributed by atoms with van der Waals surface area (Å²) in [7, 11) is 0. The van der Waals surface area contributed by atoms with E-state index in [4.69, 9.17) is 0 Å². The molecule has 1 heterocycles. The van der Waals surface area contributed by atoms with Crippen LogP contribution < -0.4 is 10.6 Å². The third kappa shape index (κ3) is 4.60. The standard InChI is InChI=1S/C14H12BrN3O4S/c1-8-4-10(15)2-3-11(8)17-12(19)6-16-14(20)9-5-13(18(21)22)23-7-9/h2-5,7H,6H2,1H3,(H,16,20)(H,17,19). The fourth-order valence-corrected chi connectivity index (χ4v) is 2.94. The van der Waals surface area contributed by atoms with E-state index < -0.39 is 10.8 Å². The molecule has 2 N–H and O–H groups in total. The van der Waals surface area contributed by atoms with Gasteiger partial charge in [0.25, 0.3) is 5.91 Å². The molecule has 2 rings (SSSR count).